The second-order valence-electron chi connectivity index (χ2n) is 3.47. The summed E-state index contributed by atoms with van der Waals surface area (Å²) in [6.45, 7) is 0.400. The van der Waals surface area contributed by atoms with Crippen molar-refractivity contribution in [2.45, 2.75) is 12.7 Å². The molecule has 18 heavy (non-hydrogen) atoms. The second kappa shape index (κ2) is 5.27. The Morgan fingerprint density at radius 3 is 2.72 bits per heavy atom. The van der Waals surface area contributed by atoms with Gasteiger partial charge in [0.25, 0.3) is 0 Å². The van der Waals surface area contributed by atoms with E-state index in [0.29, 0.717) is 16.7 Å². The Labute approximate surface area is 114 Å². The van der Waals surface area contributed by atoms with Crippen LogP contribution in [-0.2, 0) is 12.7 Å². The fourth-order valence-electron chi connectivity index (χ4n) is 1.35. The maximum absolute atomic E-state index is 12.6. The molecule has 0 atom stereocenters. The highest BCUT2D eigenvalue weighted by Crippen LogP contribution is 2.34. The van der Waals surface area contributed by atoms with E-state index in [-0.39, 0.29) is 0 Å². The molecule has 1 aromatic carbocycles. The van der Waals surface area contributed by atoms with Crippen LogP contribution in [0.25, 0.3) is 0 Å². The molecule has 96 valence electrons. The maximum atomic E-state index is 12.6. The maximum Gasteiger partial charge on any atom is 0.416 e. The Kier molecular flexibility index (Phi) is 3.91. The SMILES string of the molecule is FC(F)(F)c1ccc(Br)c(NCc2nccs2)c1. The minimum absolute atomic E-state index is 0.400. The molecular formula is C11H8BrF3N2S. The fraction of sp³-hybridized carbons (Fsp3) is 0.182. The lowest BCUT2D eigenvalue weighted by molar-refractivity contribution is -0.137. The van der Waals surface area contributed by atoms with Gasteiger partial charge in [-0.25, -0.2) is 4.98 Å². The number of hydrogen-bond acceptors (Lipinski definition) is 3. The van der Waals surface area contributed by atoms with Crippen LogP contribution in [0.1, 0.15) is 10.6 Å². The zero-order valence-corrected chi connectivity index (χ0v) is 11.4. The Morgan fingerprint density at radius 1 is 1.33 bits per heavy atom. The Hall–Kier alpha value is -1.08. The predicted octanol–water partition coefficient (Wildman–Crippen LogP) is 4.54. The minimum atomic E-state index is -4.34. The van der Waals surface area contributed by atoms with Crippen LogP contribution in [0.3, 0.4) is 0 Å². The fourth-order valence-corrected chi connectivity index (χ4v) is 2.29. The smallest absolute Gasteiger partial charge is 0.378 e. The molecule has 0 saturated carbocycles. The van der Waals surface area contributed by atoms with Crippen LogP contribution >= 0.6 is 27.3 Å². The van der Waals surface area contributed by atoms with Crippen molar-refractivity contribution in [3.8, 4) is 0 Å². The molecule has 2 aromatic rings. The number of halogens is 4. The first-order valence-corrected chi connectivity index (χ1v) is 6.63. The van der Waals surface area contributed by atoms with Crippen molar-refractivity contribution in [2.75, 3.05) is 5.32 Å². The molecule has 2 nitrogen and oxygen atoms in total. The van der Waals surface area contributed by atoms with Crippen LogP contribution in [0.5, 0.6) is 0 Å². The van der Waals surface area contributed by atoms with Gasteiger partial charge in [-0.1, -0.05) is 0 Å². The number of alkyl halides is 3. The van der Waals surface area contributed by atoms with Crippen molar-refractivity contribution in [2.24, 2.45) is 0 Å². The Morgan fingerprint density at radius 2 is 2.11 bits per heavy atom. The first-order chi connectivity index (χ1) is 8.47. The topological polar surface area (TPSA) is 24.9 Å². The number of aromatic nitrogens is 1. The van der Waals surface area contributed by atoms with Crippen molar-refractivity contribution in [1.29, 1.82) is 0 Å². The molecule has 1 aromatic heterocycles. The molecule has 7 heteroatoms. The number of nitrogens with zero attached hydrogens (tertiary/aromatic N) is 1. The zero-order chi connectivity index (χ0) is 13.2. The highest BCUT2D eigenvalue weighted by atomic mass is 79.9. The third kappa shape index (κ3) is 3.23. The van der Waals surface area contributed by atoms with Gasteiger partial charge in [-0.05, 0) is 34.1 Å². The number of thiazole rings is 1. The summed E-state index contributed by atoms with van der Waals surface area (Å²) in [4.78, 5) is 4.05. The number of rotatable bonds is 3. The van der Waals surface area contributed by atoms with E-state index >= 15 is 0 Å². The van der Waals surface area contributed by atoms with E-state index in [0.717, 1.165) is 17.1 Å². The molecular weight excluding hydrogens is 329 g/mol. The number of benzene rings is 1. The summed E-state index contributed by atoms with van der Waals surface area (Å²) in [5.41, 5.74) is -0.271. The summed E-state index contributed by atoms with van der Waals surface area (Å²) in [7, 11) is 0. The molecule has 0 saturated heterocycles. The molecule has 2 rings (SSSR count). The van der Waals surface area contributed by atoms with E-state index < -0.39 is 11.7 Å². The summed E-state index contributed by atoms with van der Waals surface area (Å²) in [5, 5.41) is 5.57. The minimum Gasteiger partial charge on any atom is -0.378 e. The number of anilines is 1. The summed E-state index contributed by atoms with van der Waals surface area (Å²) in [6, 6.07) is 3.50. The number of nitrogens with one attached hydrogen (secondary N) is 1. The Bertz CT molecular complexity index is 526. The molecule has 0 fully saturated rings. The van der Waals surface area contributed by atoms with E-state index in [1.165, 1.54) is 17.4 Å². The molecule has 0 radical (unpaired) electrons. The monoisotopic (exact) mass is 336 g/mol. The highest BCUT2D eigenvalue weighted by molar-refractivity contribution is 9.10. The van der Waals surface area contributed by atoms with E-state index in [1.54, 1.807) is 6.20 Å². The van der Waals surface area contributed by atoms with E-state index in [1.807, 2.05) is 5.38 Å². The first-order valence-electron chi connectivity index (χ1n) is 4.96. The molecule has 0 spiro atoms. The third-order valence-corrected chi connectivity index (χ3v) is 3.68. The molecule has 1 N–H and O–H groups in total. The zero-order valence-electron chi connectivity index (χ0n) is 8.96. The van der Waals surface area contributed by atoms with E-state index in [4.69, 9.17) is 0 Å². The van der Waals surface area contributed by atoms with Gasteiger partial charge in [-0.2, -0.15) is 13.2 Å². The van der Waals surface area contributed by atoms with Crippen molar-refractivity contribution < 1.29 is 13.2 Å². The van der Waals surface area contributed by atoms with Gasteiger partial charge in [0.05, 0.1) is 12.1 Å². The summed E-state index contributed by atoms with van der Waals surface area (Å²) >= 11 is 4.66. The molecule has 0 aliphatic heterocycles. The molecule has 0 aliphatic carbocycles. The van der Waals surface area contributed by atoms with Crippen LogP contribution in [0.2, 0.25) is 0 Å². The van der Waals surface area contributed by atoms with Crippen molar-refractivity contribution in [3.63, 3.8) is 0 Å². The van der Waals surface area contributed by atoms with Gasteiger partial charge >= 0.3 is 6.18 Å². The van der Waals surface area contributed by atoms with Crippen LogP contribution in [0.4, 0.5) is 18.9 Å². The van der Waals surface area contributed by atoms with E-state index in [2.05, 4.69) is 26.2 Å². The van der Waals surface area contributed by atoms with Crippen molar-refractivity contribution in [1.82, 2.24) is 4.98 Å². The van der Waals surface area contributed by atoms with Crippen LogP contribution in [0.15, 0.2) is 34.2 Å². The lowest BCUT2D eigenvalue weighted by Crippen LogP contribution is -2.07. The molecule has 1 heterocycles. The summed E-state index contributed by atoms with van der Waals surface area (Å²) < 4.78 is 38.3. The average Bonchev–Trinajstić information content (AvgIpc) is 2.79. The third-order valence-electron chi connectivity index (χ3n) is 2.21. The van der Waals surface area contributed by atoms with Crippen molar-refractivity contribution >= 4 is 33.0 Å². The van der Waals surface area contributed by atoms with E-state index in [9.17, 15) is 13.2 Å². The lowest BCUT2D eigenvalue weighted by Gasteiger charge is -2.11. The van der Waals surface area contributed by atoms with Crippen LogP contribution in [-0.4, -0.2) is 4.98 Å². The molecule has 0 unspecified atom stereocenters. The number of hydrogen-bond donors (Lipinski definition) is 1. The largest absolute Gasteiger partial charge is 0.416 e. The normalized spacial score (nSPS) is 11.6. The highest BCUT2D eigenvalue weighted by Gasteiger charge is 2.30. The quantitative estimate of drug-likeness (QED) is 0.890. The molecule has 0 aliphatic rings. The predicted molar refractivity (Wildman–Crippen MR) is 68.6 cm³/mol. The van der Waals surface area contributed by atoms with Gasteiger partial charge in [0.2, 0.25) is 0 Å². The lowest BCUT2D eigenvalue weighted by atomic mass is 10.2. The first kappa shape index (κ1) is 13.4. The van der Waals surface area contributed by atoms with Gasteiger partial charge < -0.3 is 5.32 Å². The van der Waals surface area contributed by atoms with Crippen molar-refractivity contribution in [3.05, 3.63) is 44.8 Å². The van der Waals surface area contributed by atoms with Gasteiger partial charge in [0.15, 0.2) is 0 Å². The van der Waals surface area contributed by atoms with Gasteiger partial charge in [0.1, 0.15) is 5.01 Å². The standard InChI is InChI=1S/C11H8BrF3N2S/c12-8-2-1-7(11(13,14)15)5-9(8)17-6-10-16-3-4-18-10/h1-5,17H,6H2. The molecule has 0 amide bonds. The van der Waals surface area contributed by atoms with Crippen LogP contribution < -0.4 is 5.32 Å². The summed E-state index contributed by atoms with van der Waals surface area (Å²) in [5.74, 6) is 0. The second-order valence-corrected chi connectivity index (χ2v) is 5.31. The van der Waals surface area contributed by atoms with Gasteiger partial charge in [0, 0.05) is 21.7 Å². The van der Waals surface area contributed by atoms with Gasteiger partial charge in [-0.15, -0.1) is 11.3 Å². The van der Waals surface area contributed by atoms with Gasteiger partial charge in [-0.3, -0.25) is 0 Å². The van der Waals surface area contributed by atoms with Crippen LogP contribution in [0, 0.1) is 0 Å². The molecule has 0 bridgehead atoms. The average molecular weight is 337 g/mol. The summed E-state index contributed by atoms with van der Waals surface area (Å²) in [6.07, 6.45) is -2.68. The Balaban J connectivity index is 2.16.